The summed E-state index contributed by atoms with van der Waals surface area (Å²) in [7, 11) is 0. The predicted molar refractivity (Wildman–Crippen MR) is 88.1 cm³/mol. The fourth-order valence-electron chi connectivity index (χ4n) is 2.50. The summed E-state index contributed by atoms with van der Waals surface area (Å²) in [4.78, 5) is 0. The van der Waals surface area contributed by atoms with Crippen LogP contribution in [0, 0.1) is 5.92 Å². The molecular weight excluding hydrogens is 262 g/mol. The van der Waals surface area contributed by atoms with Gasteiger partial charge in [-0.25, -0.2) is 0 Å². The van der Waals surface area contributed by atoms with E-state index in [4.69, 9.17) is 10.5 Å². The van der Waals surface area contributed by atoms with Gasteiger partial charge in [0.05, 0.1) is 0 Å². The highest BCUT2D eigenvalue weighted by molar-refractivity contribution is 5.22. The summed E-state index contributed by atoms with van der Waals surface area (Å²) in [5.41, 5.74) is 5.66. The van der Waals surface area contributed by atoms with Gasteiger partial charge in [-0.05, 0) is 17.9 Å². The fraction of sp³-hybridized carbons (Fsp3) is 0.667. The second-order valence-electron chi connectivity index (χ2n) is 5.84. The van der Waals surface area contributed by atoms with E-state index in [9.17, 15) is 5.11 Å². The van der Waals surface area contributed by atoms with E-state index >= 15 is 0 Å². The van der Waals surface area contributed by atoms with E-state index in [2.05, 4.69) is 13.8 Å². The SMILES string of the molecule is CCCCC(CC)COCCC(O)(CN)c1ccccc1. The van der Waals surface area contributed by atoms with Crippen LogP contribution in [0.2, 0.25) is 0 Å². The molecule has 2 atom stereocenters. The first-order valence-electron chi connectivity index (χ1n) is 8.22. The summed E-state index contributed by atoms with van der Waals surface area (Å²) < 4.78 is 5.79. The second kappa shape index (κ2) is 9.93. The molecule has 120 valence electrons. The maximum absolute atomic E-state index is 10.7. The molecule has 2 unspecified atom stereocenters. The molecule has 3 heteroatoms. The maximum atomic E-state index is 10.7. The van der Waals surface area contributed by atoms with Crippen LogP contribution >= 0.6 is 0 Å². The van der Waals surface area contributed by atoms with E-state index < -0.39 is 5.60 Å². The van der Waals surface area contributed by atoms with Gasteiger partial charge < -0.3 is 15.6 Å². The maximum Gasteiger partial charge on any atom is 0.104 e. The summed E-state index contributed by atoms with van der Waals surface area (Å²) in [5.74, 6) is 0.632. The van der Waals surface area contributed by atoms with Crippen molar-refractivity contribution >= 4 is 0 Å². The van der Waals surface area contributed by atoms with Crippen LogP contribution in [0.4, 0.5) is 0 Å². The molecule has 1 aromatic carbocycles. The molecule has 1 aromatic rings. The molecule has 0 radical (unpaired) electrons. The largest absolute Gasteiger partial charge is 0.384 e. The van der Waals surface area contributed by atoms with Gasteiger partial charge in [0.2, 0.25) is 0 Å². The van der Waals surface area contributed by atoms with Gasteiger partial charge in [0, 0.05) is 26.2 Å². The van der Waals surface area contributed by atoms with Crippen molar-refractivity contribution in [2.24, 2.45) is 11.7 Å². The predicted octanol–water partition coefficient (Wildman–Crippen LogP) is 3.46. The van der Waals surface area contributed by atoms with Crippen molar-refractivity contribution in [1.29, 1.82) is 0 Å². The van der Waals surface area contributed by atoms with Gasteiger partial charge in [0.15, 0.2) is 0 Å². The lowest BCUT2D eigenvalue weighted by molar-refractivity contribution is -0.00422. The normalized spacial score (nSPS) is 15.6. The highest BCUT2D eigenvalue weighted by Gasteiger charge is 2.27. The number of ether oxygens (including phenoxy) is 1. The molecule has 0 bridgehead atoms. The standard InChI is InChI=1S/C18H31NO2/c1-3-5-9-16(4-2)14-21-13-12-18(20,15-19)17-10-7-6-8-11-17/h6-8,10-11,16,20H,3-5,9,12-15,19H2,1-2H3. The monoisotopic (exact) mass is 293 g/mol. The van der Waals surface area contributed by atoms with Crippen LogP contribution < -0.4 is 5.73 Å². The molecule has 0 saturated carbocycles. The summed E-state index contributed by atoms with van der Waals surface area (Å²) in [5, 5.41) is 10.7. The van der Waals surface area contributed by atoms with Gasteiger partial charge in [-0.3, -0.25) is 0 Å². The molecule has 0 amide bonds. The summed E-state index contributed by atoms with van der Waals surface area (Å²) in [6, 6.07) is 9.63. The van der Waals surface area contributed by atoms with E-state index in [0.717, 1.165) is 18.6 Å². The zero-order valence-corrected chi connectivity index (χ0v) is 13.6. The number of aliphatic hydroxyl groups is 1. The van der Waals surface area contributed by atoms with Gasteiger partial charge in [-0.2, -0.15) is 0 Å². The Labute approximate surface area is 129 Å². The van der Waals surface area contributed by atoms with Crippen LogP contribution in [0.1, 0.15) is 51.5 Å². The van der Waals surface area contributed by atoms with Crippen molar-refractivity contribution in [2.45, 2.75) is 51.6 Å². The van der Waals surface area contributed by atoms with Gasteiger partial charge in [-0.1, -0.05) is 63.4 Å². The molecule has 0 aliphatic rings. The van der Waals surface area contributed by atoms with Crippen molar-refractivity contribution in [3.8, 4) is 0 Å². The Balaban J connectivity index is 2.38. The van der Waals surface area contributed by atoms with Crippen LogP contribution in [0.3, 0.4) is 0 Å². The molecule has 3 N–H and O–H groups in total. The van der Waals surface area contributed by atoms with Gasteiger partial charge >= 0.3 is 0 Å². The summed E-state index contributed by atoms with van der Waals surface area (Å²) in [6.07, 6.45) is 5.42. The molecule has 0 spiro atoms. The lowest BCUT2D eigenvalue weighted by Gasteiger charge is -2.27. The number of unbranched alkanes of at least 4 members (excludes halogenated alkanes) is 1. The molecule has 0 heterocycles. The first-order chi connectivity index (χ1) is 10.2. The zero-order chi connectivity index (χ0) is 15.6. The molecule has 3 nitrogen and oxygen atoms in total. The topological polar surface area (TPSA) is 55.5 Å². The number of hydrogen-bond donors (Lipinski definition) is 2. The van der Waals surface area contributed by atoms with Crippen molar-refractivity contribution in [3.05, 3.63) is 35.9 Å². The zero-order valence-electron chi connectivity index (χ0n) is 13.6. The third-order valence-electron chi connectivity index (χ3n) is 4.21. The van der Waals surface area contributed by atoms with E-state index in [1.165, 1.54) is 19.3 Å². The van der Waals surface area contributed by atoms with E-state index in [0.29, 0.717) is 18.9 Å². The minimum Gasteiger partial charge on any atom is -0.384 e. The number of nitrogens with two attached hydrogens (primary N) is 1. The molecule has 0 aliphatic heterocycles. The second-order valence-corrected chi connectivity index (χ2v) is 5.84. The Bertz CT molecular complexity index is 369. The first kappa shape index (κ1) is 18.1. The number of benzene rings is 1. The Hall–Kier alpha value is -0.900. The van der Waals surface area contributed by atoms with Crippen molar-refractivity contribution in [2.75, 3.05) is 19.8 Å². The molecule has 1 rings (SSSR count). The van der Waals surface area contributed by atoms with Gasteiger partial charge in [-0.15, -0.1) is 0 Å². The van der Waals surface area contributed by atoms with E-state index in [-0.39, 0.29) is 6.54 Å². The fourth-order valence-corrected chi connectivity index (χ4v) is 2.50. The molecule has 0 aromatic heterocycles. The van der Waals surface area contributed by atoms with Crippen LogP contribution in [0.15, 0.2) is 30.3 Å². The van der Waals surface area contributed by atoms with Crippen LogP contribution in [-0.2, 0) is 10.3 Å². The minimum atomic E-state index is -0.980. The first-order valence-corrected chi connectivity index (χ1v) is 8.22. The van der Waals surface area contributed by atoms with Crippen LogP contribution in [0.25, 0.3) is 0 Å². The molecule has 0 aliphatic carbocycles. The Morgan fingerprint density at radius 3 is 2.52 bits per heavy atom. The average molecular weight is 293 g/mol. The Morgan fingerprint density at radius 2 is 1.95 bits per heavy atom. The van der Waals surface area contributed by atoms with Gasteiger partial charge in [0.1, 0.15) is 5.60 Å². The minimum absolute atomic E-state index is 0.216. The Morgan fingerprint density at radius 1 is 1.24 bits per heavy atom. The van der Waals surface area contributed by atoms with Crippen LogP contribution in [-0.4, -0.2) is 24.9 Å². The molecule has 0 saturated heterocycles. The summed E-state index contributed by atoms with van der Waals surface area (Å²) >= 11 is 0. The van der Waals surface area contributed by atoms with Crippen molar-refractivity contribution < 1.29 is 9.84 Å². The van der Waals surface area contributed by atoms with Crippen LogP contribution in [0.5, 0.6) is 0 Å². The lowest BCUT2D eigenvalue weighted by Crippen LogP contribution is -2.36. The highest BCUT2D eigenvalue weighted by Crippen LogP contribution is 2.24. The summed E-state index contributed by atoms with van der Waals surface area (Å²) in [6.45, 7) is 5.98. The average Bonchev–Trinajstić information content (AvgIpc) is 2.54. The van der Waals surface area contributed by atoms with E-state index in [1.54, 1.807) is 0 Å². The molecular formula is C18H31NO2. The van der Waals surface area contributed by atoms with E-state index in [1.807, 2.05) is 30.3 Å². The third kappa shape index (κ3) is 6.16. The van der Waals surface area contributed by atoms with Crippen molar-refractivity contribution in [3.63, 3.8) is 0 Å². The number of rotatable bonds is 11. The molecule has 0 fully saturated rings. The highest BCUT2D eigenvalue weighted by atomic mass is 16.5. The smallest absolute Gasteiger partial charge is 0.104 e. The Kier molecular flexibility index (Phi) is 8.58. The van der Waals surface area contributed by atoms with Crippen molar-refractivity contribution in [1.82, 2.24) is 0 Å². The quantitative estimate of drug-likeness (QED) is 0.614. The van der Waals surface area contributed by atoms with Gasteiger partial charge in [0.25, 0.3) is 0 Å². The third-order valence-corrected chi connectivity index (χ3v) is 4.21. The molecule has 21 heavy (non-hydrogen) atoms. The lowest BCUT2D eigenvalue weighted by atomic mass is 9.91. The number of hydrogen-bond acceptors (Lipinski definition) is 3.